The lowest BCUT2D eigenvalue weighted by atomic mass is 9.88. The van der Waals surface area contributed by atoms with Crippen molar-refractivity contribution >= 4 is 21.7 Å². The van der Waals surface area contributed by atoms with Crippen molar-refractivity contribution in [3.05, 3.63) is 35.9 Å². The van der Waals surface area contributed by atoms with Gasteiger partial charge in [0.25, 0.3) is 0 Å². The van der Waals surface area contributed by atoms with Crippen molar-refractivity contribution in [1.29, 1.82) is 0 Å². The van der Waals surface area contributed by atoms with E-state index in [1.54, 1.807) is 0 Å². The lowest BCUT2D eigenvalue weighted by Gasteiger charge is -2.36. The fourth-order valence-corrected chi connectivity index (χ4v) is 4.82. The van der Waals surface area contributed by atoms with E-state index in [1.165, 1.54) is 10.6 Å². The van der Waals surface area contributed by atoms with E-state index in [4.69, 9.17) is 0 Å². The van der Waals surface area contributed by atoms with Crippen LogP contribution in [0.5, 0.6) is 0 Å². The lowest BCUT2D eigenvalue weighted by molar-refractivity contribution is -0.138. The number of piperidine rings is 2. The summed E-state index contributed by atoms with van der Waals surface area (Å²) in [4.78, 5) is 27.2. The highest BCUT2D eigenvalue weighted by Gasteiger charge is 2.35. The molecule has 2 aliphatic rings. The summed E-state index contributed by atoms with van der Waals surface area (Å²) in [5.41, 5.74) is 0.730. The molecule has 142 valence electrons. The maximum Gasteiger partial charge on any atom is 0.227 e. The van der Waals surface area contributed by atoms with Crippen LogP contribution in [0, 0.1) is 11.8 Å². The predicted octanol–water partition coefficient (Wildman–Crippen LogP) is 1.78. The molecule has 7 heteroatoms. The van der Waals surface area contributed by atoms with Gasteiger partial charge < -0.3 is 4.90 Å². The normalized spacial score (nSPS) is 23.0. The van der Waals surface area contributed by atoms with E-state index in [0.717, 1.165) is 12.0 Å². The Kier molecular flexibility index (Phi) is 5.77. The first-order valence-electron chi connectivity index (χ1n) is 9.19. The van der Waals surface area contributed by atoms with Gasteiger partial charge in [0.1, 0.15) is 0 Å². The van der Waals surface area contributed by atoms with Gasteiger partial charge in [0.2, 0.25) is 15.9 Å². The fraction of sp³-hybridized carbons (Fsp3) is 0.579. The first-order chi connectivity index (χ1) is 12.4. The molecule has 0 spiro atoms. The largest absolute Gasteiger partial charge is 0.342 e. The van der Waals surface area contributed by atoms with Crippen LogP contribution in [0.25, 0.3) is 0 Å². The van der Waals surface area contributed by atoms with Crippen LogP contribution in [-0.2, 0) is 14.8 Å². The molecule has 26 heavy (non-hydrogen) atoms. The fourth-order valence-electron chi connectivity index (χ4n) is 3.90. The number of hydrogen-bond donors (Lipinski definition) is 0. The van der Waals surface area contributed by atoms with Crippen LogP contribution in [0.2, 0.25) is 0 Å². The minimum atomic E-state index is -3.26. The number of Topliss-reactive ketones (excluding diaryl/α,β-unsaturated/α-hetero) is 1. The van der Waals surface area contributed by atoms with Gasteiger partial charge in [0.15, 0.2) is 5.78 Å². The molecule has 1 aromatic carbocycles. The van der Waals surface area contributed by atoms with E-state index >= 15 is 0 Å². The van der Waals surface area contributed by atoms with Gasteiger partial charge in [0, 0.05) is 37.7 Å². The van der Waals surface area contributed by atoms with Crippen LogP contribution in [0.1, 0.15) is 36.0 Å². The molecule has 0 aromatic heterocycles. The van der Waals surface area contributed by atoms with Crippen molar-refractivity contribution in [2.45, 2.75) is 25.7 Å². The molecule has 2 fully saturated rings. The number of ketones is 1. The molecule has 1 unspecified atom stereocenters. The van der Waals surface area contributed by atoms with Crippen molar-refractivity contribution in [2.75, 3.05) is 32.4 Å². The second kappa shape index (κ2) is 7.88. The molecule has 2 saturated heterocycles. The van der Waals surface area contributed by atoms with Crippen molar-refractivity contribution in [1.82, 2.24) is 9.21 Å². The minimum absolute atomic E-state index is 0.0314. The third kappa shape index (κ3) is 4.32. The highest BCUT2D eigenvalue weighted by molar-refractivity contribution is 7.88. The number of amides is 1. The highest BCUT2D eigenvalue weighted by atomic mass is 32.2. The van der Waals surface area contributed by atoms with Crippen LogP contribution in [0.3, 0.4) is 0 Å². The van der Waals surface area contributed by atoms with Crippen molar-refractivity contribution in [3.8, 4) is 0 Å². The number of rotatable bonds is 4. The average Bonchev–Trinajstić information content (AvgIpc) is 2.67. The highest BCUT2D eigenvalue weighted by Crippen LogP contribution is 2.26. The van der Waals surface area contributed by atoms with Gasteiger partial charge in [0.05, 0.1) is 12.2 Å². The Bertz CT molecular complexity index is 755. The molecule has 0 N–H and O–H groups in total. The first kappa shape index (κ1) is 19.0. The summed E-state index contributed by atoms with van der Waals surface area (Å²) >= 11 is 0. The summed E-state index contributed by atoms with van der Waals surface area (Å²) in [6.45, 7) is 1.91. The standard InChI is InChI=1S/C19H26N2O4S/c1-26(24,25)21-11-5-8-17(14-21)19(23)20-12-9-16(10-13-20)18(22)15-6-3-2-4-7-15/h2-4,6-7,16-17H,5,8-14H2,1H3. The Morgan fingerprint density at radius 3 is 2.23 bits per heavy atom. The van der Waals surface area contributed by atoms with Crippen LogP contribution < -0.4 is 0 Å². The van der Waals surface area contributed by atoms with Crippen molar-refractivity contribution in [2.24, 2.45) is 11.8 Å². The molecule has 6 nitrogen and oxygen atoms in total. The molecule has 3 rings (SSSR count). The Balaban J connectivity index is 1.56. The number of carbonyl (C=O) groups excluding carboxylic acids is 2. The number of benzene rings is 1. The summed E-state index contributed by atoms with van der Waals surface area (Å²) in [7, 11) is -3.26. The van der Waals surface area contributed by atoms with Crippen LogP contribution in [-0.4, -0.2) is 61.7 Å². The Hall–Kier alpha value is -1.73. The Morgan fingerprint density at radius 2 is 1.62 bits per heavy atom. The average molecular weight is 378 g/mol. The number of nitrogens with zero attached hydrogens (tertiary/aromatic N) is 2. The van der Waals surface area contributed by atoms with E-state index in [2.05, 4.69) is 0 Å². The molecule has 1 aromatic rings. The van der Waals surface area contributed by atoms with E-state index in [9.17, 15) is 18.0 Å². The molecule has 2 aliphatic heterocycles. The first-order valence-corrected chi connectivity index (χ1v) is 11.0. The number of hydrogen-bond acceptors (Lipinski definition) is 4. The summed E-state index contributed by atoms with van der Waals surface area (Å²) in [6, 6.07) is 9.29. The molecule has 1 amide bonds. The van der Waals surface area contributed by atoms with Gasteiger partial charge in [-0.1, -0.05) is 30.3 Å². The summed E-state index contributed by atoms with van der Waals surface area (Å²) in [5.74, 6) is -0.122. The molecule has 0 saturated carbocycles. The lowest BCUT2D eigenvalue weighted by Crippen LogP contribution is -2.48. The predicted molar refractivity (Wildman–Crippen MR) is 99.2 cm³/mol. The van der Waals surface area contributed by atoms with Gasteiger partial charge in [-0.2, -0.15) is 0 Å². The molecular weight excluding hydrogens is 352 g/mol. The van der Waals surface area contributed by atoms with E-state index < -0.39 is 10.0 Å². The number of sulfonamides is 1. The van der Waals surface area contributed by atoms with E-state index in [0.29, 0.717) is 38.9 Å². The smallest absolute Gasteiger partial charge is 0.227 e. The van der Waals surface area contributed by atoms with Gasteiger partial charge in [-0.3, -0.25) is 9.59 Å². The zero-order chi connectivity index (χ0) is 18.7. The van der Waals surface area contributed by atoms with Gasteiger partial charge >= 0.3 is 0 Å². The second-order valence-electron chi connectivity index (χ2n) is 7.29. The quantitative estimate of drug-likeness (QED) is 0.749. The summed E-state index contributed by atoms with van der Waals surface area (Å²) in [6.07, 6.45) is 3.98. The number of likely N-dealkylation sites (tertiary alicyclic amines) is 1. The van der Waals surface area contributed by atoms with Crippen molar-refractivity contribution < 1.29 is 18.0 Å². The Labute approximate surface area is 155 Å². The molecule has 0 bridgehead atoms. The van der Waals surface area contributed by atoms with Crippen LogP contribution in [0.15, 0.2) is 30.3 Å². The summed E-state index contributed by atoms with van der Waals surface area (Å²) < 4.78 is 24.9. The topological polar surface area (TPSA) is 74.8 Å². The van der Waals surface area contributed by atoms with Crippen LogP contribution >= 0.6 is 0 Å². The van der Waals surface area contributed by atoms with E-state index in [1.807, 2.05) is 35.2 Å². The van der Waals surface area contributed by atoms with E-state index in [-0.39, 0.29) is 30.1 Å². The third-order valence-corrected chi connectivity index (χ3v) is 6.71. The Morgan fingerprint density at radius 1 is 0.962 bits per heavy atom. The molecule has 2 heterocycles. The SMILES string of the molecule is CS(=O)(=O)N1CCCC(C(=O)N2CCC(C(=O)c3ccccc3)CC2)C1. The zero-order valence-corrected chi connectivity index (χ0v) is 16.0. The minimum Gasteiger partial charge on any atom is -0.342 e. The number of carbonyl (C=O) groups is 2. The van der Waals surface area contributed by atoms with Crippen molar-refractivity contribution in [3.63, 3.8) is 0 Å². The van der Waals surface area contributed by atoms with Gasteiger partial charge in [-0.05, 0) is 25.7 Å². The van der Waals surface area contributed by atoms with Crippen LogP contribution in [0.4, 0.5) is 0 Å². The second-order valence-corrected chi connectivity index (χ2v) is 9.27. The van der Waals surface area contributed by atoms with Gasteiger partial charge in [-0.25, -0.2) is 12.7 Å². The molecule has 0 aliphatic carbocycles. The molecular formula is C19H26N2O4S. The molecule has 0 radical (unpaired) electrons. The third-order valence-electron chi connectivity index (χ3n) is 5.44. The maximum absolute atomic E-state index is 12.8. The zero-order valence-electron chi connectivity index (χ0n) is 15.1. The van der Waals surface area contributed by atoms with Gasteiger partial charge in [-0.15, -0.1) is 0 Å². The maximum atomic E-state index is 12.8. The molecule has 1 atom stereocenters. The monoisotopic (exact) mass is 378 g/mol. The summed E-state index contributed by atoms with van der Waals surface area (Å²) in [5, 5.41) is 0.